The average Bonchev–Trinajstić information content (AvgIpc) is 2.86. The van der Waals surface area contributed by atoms with Gasteiger partial charge in [0, 0.05) is 18.2 Å². The topological polar surface area (TPSA) is 41.1 Å². The second-order valence-corrected chi connectivity index (χ2v) is 6.57. The molecule has 108 valence electrons. The van der Waals surface area contributed by atoms with Gasteiger partial charge < -0.3 is 10.6 Å². The summed E-state index contributed by atoms with van der Waals surface area (Å²) in [4.78, 5) is 12.4. The number of hydrogen-bond acceptors (Lipinski definition) is 2. The second-order valence-electron chi connectivity index (χ2n) is 6.57. The van der Waals surface area contributed by atoms with Crippen molar-refractivity contribution in [2.75, 3.05) is 5.32 Å². The van der Waals surface area contributed by atoms with E-state index in [2.05, 4.69) is 30.5 Å². The summed E-state index contributed by atoms with van der Waals surface area (Å²) in [6.07, 6.45) is 4.38. The number of carbonyl (C=O) groups excluding carboxylic acids is 1. The maximum atomic E-state index is 12.4. The van der Waals surface area contributed by atoms with Crippen LogP contribution in [0.4, 0.5) is 5.69 Å². The van der Waals surface area contributed by atoms with Gasteiger partial charge >= 0.3 is 0 Å². The van der Waals surface area contributed by atoms with Crippen molar-refractivity contribution in [1.82, 2.24) is 5.32 Å². The number of fused-ring (bicyclic) bond motifs is 1. The fraction of sp³-hybridized carbons (Fsp3) is 0.588. The van der Waals surface area contributed by atoms with Crippen molar-refractivity contribution in [2.24, 2.45) is 11.8 Å². The molecule has 0 saturated heterocycles. The number of amides is 1. The van der Waals surface area contributed by atoms with E-state index in [1.54, 1.807) is 0 Å². The predicted octanol–water partition coefficient (Wildman–Crippen LogP) is 2.96. The van der Waals surface area contributed by atoms with Crippen LogP contribution in [0.15, 0.2) is 24.3 Å². The Bertz CT molecular complexity index is 475. The molecule has 0 bridgehead atoms. The summed E-state index contributed by atoms with van der Waals surface area (Å²) in [6, 6.07) is 8.44. The van der Waals surface area contributed by atoms with Gasteiger partial charge in [-0.25, -0.2) is 0 Å². The lowest BCUT2D eigenvalue weighted by atomic mass is 9.80. The van der Waals surface area contributed by atoms with E-state index in [9.17, 15) is 4.79 Å². The molecule has 1 aliphatic carbocycles. The highest BCUT2D eigenvalue weighted by molar-refractivity contribution is 5.87. The lowest BCUT2D eigenvalue weighted by Crippen LogP contribution is -2.48. The highest BCUT2D eigenvalue weighted by atomic mass is 16.2. The first-order chi connectivity index (χ1) is 9.63. The molecule has 2 aliphatic rings. The Labute approximate surface area is 121 Å². The normalized spacial score (nSPS) is 32.3. The third-order valence-corrected chi connectivity index (χ3v) is 4.85. The van der Waals surface area contributed by atoms with Crippen LogP contribution in [-0.4, -0.2) is 18.0 Å². The van der Waals surface area contributed by atoms with E-state index in [-0.39, 0.29) is 11.9 Å². The van der Waals surface area contributed by atoms with Crippen molar-refractivity contribution >= 4 is 11.6 Å². The number of anilines is 1. The summed E-state index contributed by atoms with van der Waals surface area (Å²) in [5.74, 6) is 1.55. The first-order valence-electron chi connectivity index (χ1n) is 7.78. The molecular formula is C17H24N2O. The van der Waals surface area contributed by atoms with Crippen LogP contribution in [0, 0.1) is 11.8 Å². The van der Waals surface area contributed by atoms with Crippen LogP contribution in [0.2, 0.25) is 0 Å². The third kappa shape index (κ3) is 2.67. The zero-order chi connectivity index (χ0) is 14.1. The molecule has 0 aromatic heterocycles. The van der Waals surface area contributed by atoms with E-state index in [1.165, 1.54) is 18.4 Å². The molecule has 3 rings (SSSR count). The molecule has 2 N–H and O–H groups in total. The lowest BCUT2D eigenvalue weighted by Gasteiger charge is -2.33. The van der Waals surface area contributed by atoms with Gasteiger partial charge in [-0.1, -0.05) is 32.0 Å². The number of carbonyl (C=O) groups is 1. The van der Waals surface area contributed by atoms with E-state index in [0.717, 1.165) is 24.4 Å². The van der Waals surface area contributed by atoms with Crippen LogP contribution in [0.25, 0.3) is 0 Å². The van der Waals surface area contributed by atoms with Crippen LogP contribution in [-0.2, 0) is 11.2 Å². The molecule has 1 aromatic rings. The SMILES string of the molecule is CC1CCC(NC(=O)C2Cc3ccccc3N2)C(C)C1. The fourth-order valence-corrected chi connectivity index (χ4v) is 3.62. The molecule has 3 heteroatoms. The Hall–Kier alpha value is -1.51. The Morgan fingerprint density at radius 3 is 2.80 bits per heavy atom. The van der Waals surface area contributed by atoms with Gasteiger partial charge in [0.05, 0.1) is 0 Å². The number of hydrogen-bond donors (Lipinski definition) is 2. The van der Waals surface area contributed by atoms with E-state index in [1.807, 2.05) is 18.2 Å². The van der Waals surface area contributed by atoms with Crippen LogP contribution in [0.5, 0.6) is 0 Å². The number of rotatable bonds is 2. The second kappa shape index (κ2) is 5.47. The number of benzene rings is 1. The molecule has 1 heterocycles. The molecule has 1 aromatic carbocycles. The highest BCUT2D eigenvalue weighted by Crippen LogP contribution is 2.29. The summed E-state index contributed by atoms with van der Waals surface area (Å²) >= 11 is 0. The summed E-state index contributed by atoms with van der Waals surface area (Å²) in [6.45, 7) is 4.57. The lowest BCUT2D eigenvalue weighted by molar-refractivity contribution is -0.123. The van der Waals surface area contributed by atoms with Crippen molar-refractivity contribution < 1.29 is 4.79 Å². The van der Waals surface area contributed by atoms with E-state index < -0.39 is 0 Å². The first-order valence-corrected chi connectivity index (χ1v) is 7.78. The Morgan fingerprint density at radius 1 is 1.25 bits per heavy atom. The van der Waals surface area contributed by atoms with Gasteiger partial charge in [-0.2, -0.15) is 0 Å². The minimum atomic E-state index is -0.0982. The summed E-state index contributed by atoms with van der Waals surface area (Å²) in [7, 11) is 0. The monoisotopic (exact) mass is 272 g/mol. The molecule has 1 amide bonds. The van der Waals surface area contributed by atoms with Crippen molar-refractivity contribution in [3.8, 4) is 0 Å². The third-order valence-electron chi connectivity index (χ3n) is 4.85. The summed E-state index contributed by atoms with van der Waals surface area (Å²) in [5, 5.41) is 6.60. The molecule has 4 atom stereocenters. The summed E-state index contributed by atoms with van der Waals surface area (Å²) in [5.41, 5.74) is 2.36. The van der Waals surface area contributed by atoms with E-state index >= 15 is 0 Å². The predicted molar refractivity (Wildman–Crippen MR) is 81.7 cm³/mol. The standard InChI is InChI=1S/C17H24N2O/c1-11-7-8-14(12(2)9-11)19-17(20)16-10-13-5-3-4-6-15(13)18-16/h3-6,11-12,14,16,18H,7-10H2,1-2H3,(H,19,20). The maximum absolute atomic E-state index is 12.4. The van der Waals surface area contributed by atoms with Crippen LogP contribution >= 0.6 is 0 Å². The molecule has 3 nitrogen and oxygen atoms in total. The smallest absolute Gasteiger partial charge is 0.243 e. The molecule has 0 spiro atoms. The molecule has 1 saturated carbocycles. The van der Waals surface area contributed by atoms with Crippen molar-refractivity contribution in [3.63, 3.8) is 0 Å². The van der Waals surface area contributed by atoms with Gasteiger partial charge in [0.25, 0.3) is 0 Å². The van der Waals surface area contributed by atoms with Gasteiger partial charge in [-0.05, 0) is 42.7 Å². The minimum absolute atomic E-state index is 0.0982. The van der Waals surface area contributed by atoms with Gasteiger partial charge in [0.1, 0.15) is 6.04 Å². The largest absolute Gasteiger partial charge is 0.373 e. The van der Waals surface area contributed by atoms with Crippen molar-refractivity contribution in [2.45, 2.75) is 51.6 Å². The van der Waals surface area contributed by atoms with E-state index in [4.69, 9.17) is 0 Å². The minimum Gasteiger partial charge on any atom is -0.373 e. The molecule has 0 radical (unpaired) electrons. The van der Waals surface area contributed by atoms with Crippen LogP contribution < -0.4 is 10.6 Å². The molecule has 1 aliphatic heterocycles. The fourth-order valence-electron chi connectivity index (χ4n) is 3.62. The zero-order valence-corrected chi connectivity index (χ0v) is 12.4. The van der Waals surface area contributed by atoms with Gasteiger partial charge in [0.15, 0.2) is 0 Å². The van der Waals surface area contributed by atoms with Gasteiger partial charge in [-0.3, -0.25) is 4.79 Å². The number of nitrogens with one attached hydrogen (secondary N) is 2. The van der Waals surface area contributed by atoms with Crippen molar-refractivity contribution in [3.05, 3.63) is 29.8 Å². The maximum Gasteiger partial charge on any atom is 0.243 e. The van der Waals surface area contributed by atoms with Crippen molar-refractivity contribution in [1.29, 1.82) is 0 Å². The van der Waals surface area contributed by atoms with E-state index in [0.29, 0.717) is 12.0 Å². The van der Waals surface area contributed by atoms with Gasteiger partial charge in [-0.15, -0.1) is 0 Å². The average molecular weight is 272 g/mol. The molecular weight excluding hydrogens is 248 g/mol. The van der Waals surface area contributed by atoms with Gasteiger partial charge in [0.2, 0.25) is 5.91 Å². The Balaban J connectivity index is 1.59. The number of para-hydroxylation sites is 1. The quantitative estimate of drug-likeness (QED) is 0.869. The molecule has 4 unspecified atom stereocenters. The van der Waals surface area contributed by atoms with Crippen LogP contribution in [0.1, 0.15) is 38.7 Å². The Kier molecular flexibility index (Phi) is 3.68. The molecule has 20 heavy (non-hydrogen) atoms. The summed E-state index contributed by atoms with van der Waals surface area (Å²) < 4.78 is 0. The molecule has 1 fully saturated rings. The Morgan fingerprint density at radius 2 is 2.05 bits per heavy atom. The first kappa shape index (κ1) is 13.5. The zero-order valence-electron chi connectivity index (χ0n) is 12.4. The highest BCUT2D eigenvalue weighted by Gasteiger charge is 2.31. The van der Waals surface area contributed by atoms with Crippen LogP contribution in [0.3, 0.4) is 0 Å².